The van der Waals surface area contributed by atoms with Gasteiger partial charge in [0.05, 0.1) is 0 Å². The second-order valence-electron chi connectivity index (χ2n) is 7.18. The second-order valence-corrected chi connectivity index (χ2v) is 8.33. The zero-order valence-electron chi connectivity index (χ0n) is 17.9. The van der Waals surface area contributed by atoms with Crippen LogP contribution in [0.3, 0.4) is 0 Å². The molecule has 2 aromatic carbocycles. The summed E-state index contributed by atoms with van der Waals surface area (Å²) in [5.41, 5.74) is 0.880. The fourth-order valence-electron chi connectivity index (χ4n) is 2.86. The van der Waals surface area contributed by atoms with E-state index in [1.807, 2.05) is 49.4 Å². The van der Waals surface area contributed by atoms with Crippen molar-refractivity contribution in [3.8, 4) is 0 Å². The van der Waals surface area contributed by atoms with Gasteiger partial charge in [-0.1, -0.05) is 74.6 Å². The van der Waals surface area contributed by atoms with Crippen molar-refractivity contribution >= 4 is 29.2 Å². The molecule has 0 heterocycles. The average molecular weight is 426 g/mol. The largest absolute Gasteiger partial charge is 0.335 e. The molecule has 5 heteroatoms. The van der Waals surface area contributed by atoms with Gasteiger partial charge in [-0.15, -0.1) is 0 Å². The molecule has 0 N–H and O–H groups in total. The predicted octanol–water partition coefficient (Wildman–Crippen LogP) is 7.08. The summed E-state index contributed by atoms with van der Waals surface area (Å²) in [7, 11) is 0. The summed E-state index contributed by atoms with van der Waals surface area (Å²) in [4.78, 5) is 32.0. The Balaban J connectivity index is 2.06. The van der Waals surface area contributed by atoms with Crippen LogP contribution in [0, 0.1) is 0 Å². The summed E-state index contributed by atoms with van der Waals surface area (Å²) in [5, 5.41) is 3.95. The molecule has 0 saturated carbocycles. The highest BCUT2D eigenvalue weighted by Crippen LogP contribution is 2.27. The Morgan fingerprint density at radius 2 is 1.47 bits per heavy atom. The highest BCUT2D eigenvalue weighted by Gasteiger charge is 2.16. The van der Waals surface area contributed by atoms with Gasteiger partial charge in [0, 0.05) is 21.8 Å². The van der Waals surface area contributed by atoms with Gasteiger partial charge in [0.2, 0.25) is 5.78 Å². The minimum atomic E-state index is -0.384. The molecule has 0 fully saturated rings. The van der Waals surface area contributed by atoms with Gasteiger partial charge in [0.1, 0.15) is 5.71 Å². The van der Waals surface area contributed by atoms with Crippen LogP contribution in [0.2, 0.25) is 0 Å². The third kappa shape index (κ3) is 8.54. The van der Waals surface area contributed by atoms with Crippen LogP contribution in [-0.4, -0.2) is 17.5 Å². The number of unbranched alkanes of at least 4 members (excludes halogenated alkanes) is 4. The highest BCUT2D eigenvalue weighted by molar-refractivity contribution is 7.99. The van der Waals surface area contributed by atoms with E-state index in [1.165, 1.54) is 0 Å². The Kier molecular flexibility index (Phi) is 10.9. The Bertz CT molecular complexity index is 816. The highest BCUT2D eigenvalue weighted by atomic mass is 32.2. The summed E-state index contributed by atoms with van der Waals surface area (Å²) in [6.07, 6.45) is 6.62. The van der Waals surface area contributed by atoms with Crippen LogP contribution in [0.5, 0.6) is 0 Å². The fraction of sp³-hybridized carbons (Fsp3) is 0.400. The summed E-state index contributed by atoms with van der Waals surface area (Å²) in [5.74, 6) is -0.559. The quantitative estimate of drug-likeness (QED) is 0.113. The summed E-state index contributed by atoms with van der Waals surface area (Å²) in [6.45, 7) is 4.16. The van der Waals surface area contributed by atoms with Crippen LogP contribution in [0.15, 0.2) is 69.5 Å². The standard InChI is InChI=1S/C25H31NO3S/c1-3-5-7-11-14-23(26-29-24(27)15-6-4-2)25(28)20-16-18-22(19-17-20)30-21-12-9-8-10-13-21/h8-10,12-13,16-19H,3-7,11,14-15H2,1-2H3. The number of hydrogen-bond donors (Lipinski definition) is 0. The molecule has 4 nitrogen and oxygen atoms in total. The van der Waals surface area contributed by atoms with E-state index < -0.39 is 0 Å². The molecule has 160 valence electrons. The van der Waals surface area contributed by atoms with Crippen molar-refractivity contribution < 1.29 is 14.4 Å². The van der Waals surface area contributed by atoms with Crippen LogP contribution in [0.4, 0.5) is 0 Å². The van der Waals surface area contributed by atoms with Gasteiger partial charge in [-0.3, -0.25) is 4.79 Å². The fourth-order valence-corrected chi connectivity index (χ4v) is 3.70. The summed E-state index contributed by atoms with van der Waals surface area (Å²) in [6, 6.07) is 17.6. The maximum absolute atomic E-state index is 13.0. The van der Waals surface area contributed by atoms with Crippen LogP contribution in [0.25, 0.3) is 0 Å². The molecular formula is C25H31NO3S. The molecule has 0 saturated heterocycles. The van der Waals surface area contributed by atoms with E-state index in [0.717, 1.165) is 48.3 Å². The molecule has 0 aliphatic heterocycles. The van der Waals surface area contributed by atoms with Crippen LogP contribution < -0.4 is 0 Å². The zero-order valence-corrected chi connectivity index (χ0v) is 18.7. The van der Waals surface area contributed by atoms with Crippen LogP contribution >= 0.6 is 11.8 Å². The Labute approximate surface area is 184 Å². The van der Waals surface area contributed by atoms with Gasteiger partial charge in [-0.25, -0.2) is 4.79 Å². The van der Waals surface area contributed by atoms with E-state index in [1.54, 1.807) is 11.8 Å². The van der Waals surface area contributed by atoms with Crippen molar-refractivity contribution in [3.05, 3.63) is 60.2 Å². The van der Waals surface area contributed by atoms with Crippen molar-refractivity contribution in [1.82, 2.24) is 0 Å². The Morgan fingerprint density at radius 1 is 0.800 bits per heavy atom. The lowest BCUT2D eigenvalue weighted by Gasteiger charge is -2.07. The maximum Gasteiger partial charge on any atom is 0.335 e. The molecule has 2 aromatic rings. The molecule has 0 unspecified atom stereocenters. The first kappa shape index (κ1) is 23.9. The van der Waals surface area contributed by atoms with Crippen molar-refractivity contribution in [1.29, 1.82) is 0 Å². The van der Waals surface area contributed by atoms with Gasteiger partial charge >= 0.3 is 5.97 Å². The van der Waals surface area contributed by atoms with Gasteiger partial charge < -0.3 is 4.84 Å². The third-order valence-electron chi connectivity index (χ3n) is 4.62. The van der Waals surface area contributed by atoms with Crippen molar-refractivity contribution in [2.45, 2.75) is 75.0 Å². The molecule has 0 spiro atoms. The number of benzene rings is 2. The molecule has 30 heavy (non-hydrogen) atoms. The van der Waals surface area contributed by atoms with E-state index in [4.69, 9.17) is 4.84 Å². The predicted molar refractivity (Wildman–Crippen MR) is 123 cm³/mol. The molecule has 0 aliphatic rings. The molecule has 0 aromatic heterocycles. The molecular weight excluding hydrogens is 394 g/mol. The van der Waals surface area contributed by atoms with E-state index >= 15 is 0 Å². The number of oxime groups is 1. The first-order valence-electron chi connectivity index (χ1n) is 10.8. The number of hydrogen-bond acceptors (Lipinski definition) is 5. The van der Waals surface area contributed by atoms with Crippen molar-refractivity contribution in [2.24, 2.45) is 5.16 Å². The van der Waals surface area contributed by atoms with Crippen LogP contribution in [0.1, 0.15) is 75.6 Å². The lowest BCUT2D eigenvalue weighted by atomic mass is 10.0. The van der Waals surface area contributed by atoms with Crippen molar-refractivity contribution in [2.75, 3.05) is 0 Å². The van der Waals surface area contributed by atoms with Gasteiger partial charge in [0.15, 0.2) is 0 Å². The van der Waals surface area contributed by atoms with Gasteiger partial charge in [-0.05, 0) is 55.7 Å². The molecule has 0 radical (unpaired) electrons. The van der Waals surface area contributed by atoms with Gasteiger partial charge in [0.25, 0.3) is 0 Å². The maximum atomic E-state index is 13.0. The summed E-state index contributed by atoms with van der Waals surface area (Å²) < 4.78 is 0. The van der Waals surface area contributed by atoms with E-state index in [2.05, 4.69) is 24.2 Å². The number of ketones is 1. The summed E-state index contributed by atoms with van der Waals surface area (Å²) >= 11 is 1.65. The molecule has 0 amide bonds. The zero-order chi connectivity index (χ0) is 21.6. The second kappa shape index (κ2) is 13.8. The van der Waals surface area contributed by atoms with Gasteiger partial charge in [-0.2, -0.15) is 0 Å². The number of rotatable bonds is 13. The molecule has 0 aliphatic carbocycles. The minimum absolute atomic E-state index is 0.175. The lowest BCUT2D eigenvalue weighted by Crippen LogP contribution is -2.16. The Morgan fingerprint density at radius 3 is 2.13 bits per heavy atom. The third-order valence-corrected chi connectivity index (χ3v) is 5.63. The number of Topliss-reactive ketones (excluding diaryl/α,β-unsaturated/α-hetero) is 1. The molecule has 0 bridgehead atoms. The monoisotopic (exact) mass is 425 g/mol. The van der Waals surface area contributed by atoms with E-state index in [0.29, 0.717) is 24.1 Å². The first-order chi connectivity index (χ1) is 14.6. The molecule has 2 rings (SSSR count). The average Bonchev–Trinajstić information content (AvgIpc) is 2.78. The first-order valence-corrected chi connectivity index (χ1v) is 11.6. The number of carbonyl (C=O) groups is 2. The Hall–Kier alpha value is -2.40. The smallest absolute Gasteiger partial charge is 0.318 e. The van der Waals surface area contributed by atoms with Crippen LogP contribution in [-0.2, 0) is 9.63 Å². The topological polar surface area (TPSA) is 55.7 Å². The number of carbonyl (C=O) groups excluding carboxylic acids is 2. The van der Waals surface area contributed by atoms with E-state index in [-0.39, 0.29) is 11.8 Å². The SMILES string of the molecule is CCCCCCC(=NOC(=O)CCCC)C(=O)c1ccc(Sc2ccccc2)cc1. The van der Waals surface area contributed by atoms with Crippen molar-refractivity contribution in [3.63, 3.8) is 0 Å². The normalized spacial score (nSPS) is 11.3. The molecule has 0 atom stereocenters. The van der Waals surface area contributed by atoms with E-state index in [9.17, 15) is 9.59 Å². The number of nitrogens with zero attached hydrogens (tertiary/aromatic N) is 1. The lowest BCUT2D eigenvalue weighted by molar-refractivity contribution is -0.143. The minimum Gasteiger partial charge on any atom is -0.318 e.